The molecule has 5 nitrogen and oxygen atoms in total. The molecule has 0 aliphatic heterocycles. The fourth-order valence-electron chi connectivity index (χ4n) is 1.50. The predicted octanol–water partition coefficient (Wildman–Crippen LogP) is 2.88. The molecule has 1 aromatic heterocycles. The van der Waals surface area contributed by atoms with E-state index >= 15 is 0 Å². The lowest BCUT2D eigenvalue weighted by Gasteiger charge is -2.03. The van der Waals surface area contributed by atoms with Crippen molar-refractivity contribution in [3.05, 3.63) is 45.4 Å². The van der Waals surface area contributed by atoms with Crippen LogP contribution in [0.2, 0.25) is 0 Å². The Kier molecular flexibility index (Phi) is 5.77. The molecule has 2 rings (SSSR count). The van der Waals surface area contributed by atoms with Crippen molar-refractivity contribution in [3.8, 4) is 0 Å². The lowest BCUT2D eigenvalue weighted by molar-refractivity contribution is -0.115. The molecule has 2 aromatic rings. The molecular formula is C13H12BrN3O2S2. The Morgan fingerprint density at radius 3 is 2.86 bits per heavy atom. The fraction of sp³-hybridized carbons (Fsp3) is 0.154. The summed E-state index contributed by atoms with van der Waals surface area (Å²) in [6, 6.07) is 7.19. The van der Waals surface area contributed by atoms with Crippen molar-refractivity contribution < 1.29 is 9.59 Å². The molecule has 21 heavy (non-hydrogen) atoms. The maximum atomic E-state index is 12.1. The standard InChI is InChI=1S/C13H12BrN3O2S2/c14-10-4-2-1-3-9(10)12(19)17-13-16-8(6-21-13)5-20-7-11(15)18/h1-4,6H,5,7H2,(H2,15,18)(H,16,17,19). The number of benzene rings is 1. The first kappa shape index (κ1) is 16.0. The van der Waals surface area contributed by atoms with E-state index in [-0.39, 0.29) is 17.6 Å². The summed E-state index contributed by atoms with van der Waals surface area (Å²) in [7, 11) is 0. The van der Waals surface area contributed by atoms with E-state index in [1.807, 2.05) is 17.5 Å². The van der Waals surface area contributed by atoms with Crippen LogP contribution in [0.4, 0.5) is 5.13 Å². The normalized spacial score (nSPS) is 10.3. The van der Waals surface area contributed by atoms with Gasteiger partial charge < -0.3 is 5.73 Å². The van der Waals surface area contributed by atoms with Crippen molar-refractivity contribution in [2.75, 3.05) is 11.1 Å². The molecule has 0 radical (unpaired) electrons. The Morgan fingerprint density at radius 2 is 2.14 bits per heavy atom. The van der Waals surface area contributed by atoms with Crippen LogP contribution in [0.5, 0.6) is 0 Å². The second-order valence-corrected chi connectivity index (χ2v) is 6.74. The molecule has 0 saturated carbocycles. The van der Waals surface area contributed by atoms with Gasteiger partial charge in [0.1, 0.15) is 0 Å². The van der Waals surface area contributed by atoms with Crippen molar-refractivity contribution in [1.82, 2.24) is 4.98 Å². The van der Waals surface area contributed by atoms with Crippen LogP contribution in [-0.4, -0.2) is 22.6 Å². The number of anilines is 1. The second-order valence-electron chi connectivity index (χ2n) is 4.04. The highest BCUT2D eigenvalue weighted by Crippen LogP contribution is 2.22. The summed E-state index contributed by atoms with van der Waals surface area (Å²) in [4.78, 5) is 27.1. The van der Waals surface area contributed by atoms with Gasteiger partial charge in [-0.15, -0.1) is 23.1 Å². The topological polar surface area (TPSA) is 85.1 Å². The molecule has 8 heteroatoms. The molecule has 0 saturated heterocycles. The summed E-state index contributed by atoms with van der Waals surface area (Å²) < 4.78 is 0.733. The Balaban J connectivity index is 1.95. The minimum absolute atomic E-state index is 0.215. The van der Waals surface area contributed by atoms with E-state index in [0.29, 0.717) is 16.4 Å². The smallest absolute Gasteiger partial charge is 0.258 e. The van der Waals surface area contributed by atoms with Crippen LogP contribution in [0.3, 0.4) is 0 Å². The van der Waals surface area contributed by atoms with Gasteiger partial charge in [-0.3, -0.25) is 14.9 Å². The van der Waals surface area contributed by atoms with Gasteiger partial charge >= 0.3 is 0 Å². The molecule has 3 N–H and O–H groups in total. The van der Waals surface area contributed by atoms with E-state index < -0.39 is 0 Å². The third-order valence-electron chi connectivity index (χ3n) is 2.38. The maximum absolute atomic E-state index is 12.1. The lowest BCUT2D eigenvalue weighted by atomic mass is 10.2. The van der Waals surface area contributed by atoms with Crippen LogP contribution in [-0.2, 0) is 10.5 Å². The minimum atomic E-state index is -0.349. The third-order valence-corrected chi connectivity index (χ3v) is 4.87. The predicted molar refractivity (Wildman–Crippen MR) is 89.6 cm³/mol. The van der Waals surface area contributed by atoms with Crippen LogP contribution < -0.4 is 11.1 Å². The summed E-state index contributed by atoms with van der Waals surface area (Å²) in [6.07, 6.45) is 0. The van der Waals surface area contributed by atoms with Gasteiger partial charge in [-0.25, -0.2) is 4.98 Å². The van der Waals surface area contributed by atoms with Crippen LogP contribution >= 0.6 is 39.0 Å². The first-order valence-corrected chi connectivity index (χ1v) is 8.75. The number of thioether (sulfide) groups is 1. The van der Waals surface area contributed by atoms with Gasteiger partial charge in [-0.2, -0.15) is 0 Å². The zero-order valence-electron chi connectivity index (χ0n) is 10.8. The Morgan fingerprint density at radius 1 is 1.38 bits per heavy atom. The SMILES string of the molecule is NC(=O)CSCc1csc(NC(=O)c2ccccc2Br)n1. The van der Waals surface area contributed by atoms with Crippen molar-refractivity contribution in [2.24, 2.45) is 5.73 Å². The maximum Gasteiger partial charge on any atom is 0.258 e. The highest BCUT2D eigenvalue weighted by molar-refractivity contribution is 9.10. The van der Waals surface area contributed by atoms with Gasteiger partial charge in [-0.1, -0.05) is 12.1 Å². The molecule has 0 atom stereocenters. The Hall–Kier alpha value is -1.38. The number of aromatic nitrogens is 1. The largest absolute Gasteiger partial charge is 0.369 e. The van der Waals surface area contributed by atoms with Crippen molar-refractivity contribution in [3.63, 3.8) is 0 Å². The summed E-state index contributed by atoms with van der Waals surface area (Å²) in [5.41, 5.74) is 6.43. The number of hydrogen-bond acceptors (Lipinski definition) is 5. The van der Waals surface area contributed by atoms with E-state index in [1.54, 1.807) is 12.1 Å². The van der Waals surface area contributed by atoms with E-state index in [0.717, 1.165) is 10.2 Å². The van der Waals surface area contributed by atoms with Gasteiger partial charge in [0.15, 0.2) is 5.13 Å². The summed E-state index contributed by atoms with van der Waals surface area (Å²) >= 11 is 6.08. The number of carbonyl (C=O) groups is 2. The first-order valence-electron chi connectivity index (χ1n) is 5.92. The highest BCUT2D eigenvalue weighted by atomic mass is 79.9. The Labute approximate surface area is 138 Å². The molecule has 0 fully saturated rings. The average Bonchev–Trinajstić information content (AvgIpc) is 2.86. The van der Waals surface area contributed by atoms with Gasteiger partial charge in [0.05, 0.1) is 17.0 Å². The van der Waals surface area contributed by atoms with Crippen molar-refractivity contribution in [2.45, 2.75) is 5.75 Å². The number of carbonyl (C=O) groups excluding carboxylic acids is 2. The zero-order chi connectivity index (χ0) is 15.2. The number of hydrogen-bond donors (Lipinski definition) is 2. The molecule has 1 heterocycles. The van der Waals surface area contributed by atoms with E-state index in [4.69, 9.17) is 5.73 Å². The number of amides is 2. The molecular weight excluding hydrogens is 374 g/mol. The first-order chi connectivity index (χ1) is 10.1. The van der Waals surface area contributed by atoms with Crippen LogP contribution in [0.15, 0.2) is 34.1 Å². The molecule has 0 spiro atoms. The van der Waals surface area contributed by atoms with Crippen LogP contribution in [0, 0.1) is 0 Å². The van der Waals surface area contributed by atoms with Crippen LogP contribution in [0.25, 0.3) is 0 Å². The van der Waals surface area contributed by atoms with E-state index in [9.17, 15) is 9.59 Å². The average molecular weight is 386 g/mol. The van der Waals surface area contributed by atoms with E-state index in [2.05, 4.69) is 26.2 Å². The second kappa shape index (κ2) is 7.58. The number of nitrogens with two attached hydrogens (primary N) is 1. The molecule has 0 unspecified atom stereocenters. The number of nitrogens with zero attached hydrogens (tertiary/aromatic N) is 1. The molecule has 0 aliphatic rings. The number of thiazole rings is 1. The summed E-state index contributed by atoms with van der Waals surface area (Å²) in [5.74, 6) is 0.284. The molecule has 2 amide bonds. The number of primary amides is 1. The van der Waals surface area contributed by atoms with Crippen molar-refractivity contribution >= 4 is 56.0 Å². The van der Waals surface area contributed by atoms with Crippen molar-refractivity contribution in [1.29, 1.82) is 0 Å². The quantitative estimate of drug-likeness (QED) is 0.800. The summed E-state index contributed by atoms with van der Waals surface area (Å²) in [6.45, 7) is 0. The van der Waals surface area contributed by atoms with Gasteiger partial charge in [0.2, 0.25) is 5.91 Å². The minimum Gasteiger partial charge on any atom is -0.369 e. The Bertz CT molecular complexity index is 660. The summed E-state index contributed by atoms with van der Waals surface area (Å²) in [5, 5.41) is 5.14. The fourth-order valence-corrected chi connectivity index (χ4v) is 3.43. The van der Waals surface area contributed by atoms with Crippen LogP contribution in [0.1, 0.15) is 16.1 Å². The monoisotopic (exact) mass is 385 g/mol. The number of rotatable bonds is 6. The number of nitrogens with one attached hydrogen (secondary N) is 1. The lowest BCUT2D eigenvalue weighted by Crippen LogP contribution is -2.13. The third kappa shape index (κ3) is 4.83. The zero-order valence-corrected chi connectivity index (χ0v) is 14.1. The molecule has 110 valence electrons. The van der Waals surface area contributed by atoms with Gasteiger partial charge in [0, 0.05) is 15.6 Å². The van der Waals surface area contributed by atoms with E-state index in [1.165, 1.54) is 23.1 Å². The number of halogens is 1. The van der Waals surface area contributed by atoms with Gasteiger partial charge in [0.25, 0.3) is 5.91 Å². The highest BCUT2D eigenvalue weighted by Gasteiger charge is 2.11. The molecule has 0 bridgehead atoms. The van der Waals surface area contributed by atoms with Gasteiger partial charge in [-0.05, 0) is 28.1 Å². The molecule has 1 aromatic carbocycles. The molecule has 0 aliphatic carbocycles.